The molecule has 2 aliphatic heterocycles. The molecule has 2 fully saturated rings. The monoisotopic (exact) mass is 386 g/mol. The molecule has 0 aromatic carbocycles. The van der Waals surface area contributed by atoms with Crippen molar-refractivity contribution < 1.29 is 19.1 Å². The van der Waals surface area contributed by atoms with Gasteiger partial charge in [0.15, 0.2) is 0 Å². The Morgan fingerprint density at radius 1 is 1.06 bits per heavy atom. The predicted molar refractivity (Wildman–Crippen MR) is 68.5 cm³/mol. The molecule has 2 heterocycles. The molecule has 0 unspecified atom stereocenters. The van der Waals surface area contributed by atoms with Crippen molar-refractivity contribution in [1.29, 1.82) is 0 Å². The molecule has 0 amide bonds. The average Bonchev–Trinajstić information content (AvgIpc) is 2.96. The van der Waals surface area contributed by atoms with Crippen molar-refractivity contribution in [2.24, 2.45) is 0 Å². The van der Waals surface area contributed by atoms with E-state index in [0.717, 1.165) is 11.5 Å². The number of hydrogen-bond acceptors (Lipinski definition) is 8. The molecule has 0 radical (unpaired) electrons. The van der Waals surface area contributed by atoms with E-state index in [1.165, 1.54) is 14.2 Å². The van der Waals surface area contributed by atoms with Gasteiger partial charge in [0, 0.05) is 0 Å². The summed E-state index contributed by atoms with van der Waals surface area (Å²) in [6.45, 7) is 0. The van der Waals surface area contributed by atoms with Crippen LogP contribution in [0.5, 0.6) is 0 Å². The summed E-state index contributed by atoms with van der Waals surface area (Å²) < 4.78 is 16.2. The van der Waals surface area contributed by atoms with Crippen molar-refractivity contribution in [3.8, 4) is 0 Å². The van der Waals surface area contributed by atoms with Gasteiger partial charge in [0.25, 0.3) is 0 Å². The van der Waals surface area contributed by atoms with Crippen molar-refractivity contribution in [3.63, 3.8) is 0 Å². The second-order valence-corrected chi connectivity index (χ2v) is 25.0. The van der Waals surface area contributed by atoms with E-state index in [-0.39, 0.29) is 24.0 Å². The van der Waals surface area contributed by atoms with Gasteiger partial charge in [0.2, 0.25) is 0 Å². The number of nitrogens with one attached hydrogen (secondary N) is 2. The number of carbonyl (C=O) groups is 2. The number of hydrogen-bond donors (Lipinski definition) is 2. The average molecular weight is 385 g/mol. The topological polar surface area (TPSA) is 76.7 Å². The number of esters is 2. The third-order valence-corrected chi connectivity index (χ3v) is 26.3. The van der Waals surface area contributed by atoms with E-state index < -0.39 is 16.2 Å². The van der Waals surface area contributed by atoms with Crippen LogP contribution in [0.15, 0.2) is 0 Å². The maximum absolute atomic E-state index is 11.4. The van der Waals surface area contributed by atoms with Gasteiger partial charge in [-0.2, -0.15) is 0 Å². The minimum absolute atomic E-state index is 0.227. The summed E-state index contributed by atoms with van der Waals surface area (Å²) in [7, 11) is 6.34. The van der Waals surface area contributed by atoms with Gasteiger partial charge >= 0.3 is 110 Å². The fourth-order valence-electron chi connectivity index (χ4n) is 1.73. The van der Waals surface area contributed by atoms with Crippen LogP contribution < -0.4 is 7.08 Å². The molecule has 2 rings (SSSR count). The van der Waals surface area contributed by atoms with Crippen molar-refractivity contribution in [3.05, 3.63) is 0 Å². The predicted octanol–water partition coefficient (Wildman–Crippen LogP) is -0.822. The van der Waals surface area contributed by atoms with E-state index >= 15 is 0 Å². The van der Waals surface area contributed by atoms with Crippen LogP contribution in [-0.4, -0.2) is 65.9 Å². The van der Waals surface area contributed by atoms with Gasteiger partial charge in [0.1, 0.15) is 0 Å². The first-order chi connectivity index (χ1) is 8.10. The normalized spacial score (nSPS) is 30.5. The Morgan fingerprint density at radius 2 is 1.47 bits per heavy atom. The Balaban J connectivity index is 1.96. The van der Waals surface area contributed by atoms with E-state index in [0.29, 0.717) is 0 Å². The van der Waals surface area contributed by atoms with E-state index in [1.54, 1.807) is 17.9 Å². The first kappa shape index (κ1) is 13.8. The van der Waals surface area contributed by atoms with Crippen molar-refractivity contribution in [1.82, 2.24) is 7.08 Å². The van der Waals surface area contributed by atoms with E-state index in [1.807, 2.05) is 0 Å². The zero-order valence-corrected chi connectivity index (χ0v) is 14.0. The Bertz CT molecular complexity index is 311. The molecule has 0 bridgehead atoms. The number of ether oxygens (including phenoxy) is 2. The Labute approximate surface area is 109 Å². The summed E-state index contributed by atoms with van der Waals surface area (Å²) >= 11 is -2.81. The van der Waals surface area contributed by atoms with Gasteiger partial charge in [-0.05, 0) is 0 Å². The van der Waals surface area contributed by atoms with Crippen molar-refractivity contribution in [2.45, 2.75) is 12.1 Å². The molecule has 2 N–H and O–H groups in total. The van der Waals surface area contributed by atoms with E-state index in [2.05, 4.69) is 7.08 Å². The molecule has 1 spiro atoms. The van der Waals surface area contributed by atoms with Crippen molar-refractivity contribution >= 4 is 46.0 Å². The second kappa shape index (κ2) is 5.55. The summed E-state index contributed by atoms with van der Waals surface area (Å²) in [5, 5.41) is 0. The van der Waals surface area contributed by atoms with Gasteiger partial charge in [-0.3, -0.25) is 0 Å². The standard InChI is InChI=1S/2C4H8NO2S.Sn/c2*1-7-4(6)3(5)2-8;/h2*3,5,8H,2H2,1H3;/q2*-1;+4/p-2/t2*3-;/m11./s1. The molecule has 0 saturated carbocycles. The second-order valence-electron chi connectivity index (χ2n) is 3.68. The molecule has 2 atom stereocenters. The van der Waals surface area contributed by atoms with Crippen molar-refractivity contribution in [2.75, 3.05) is 25.7 Å². The van der Waals surface area contributed by atoms with Crippen LogP contribution in [0.3, 0.4) is 0 Å². The third kappa shape index (κ3) is 2.86. The van der Waals surface area contributed by atoms with Crippen LogP contribution in [0.4, 0.5) is 0 Å². The summed E-state index contributed by atoms with van der Waals surface area (Å²) in [5.41, 5.74) is 0. The summed E-state index contributed by atoms with van der Waals surface area (Å²) in [6.07, 6.45) is 0. The fourth-order valence-corrected chi connectivity index (χ4v) is 27.0. The summed E-state index contributed by atoms with van der Waals surface area (Å²) in [5.74, 6) is 0.984. The molecule has 6 nitrogen and oxygen atoms in total. The SMILES string of the molecule is COC(=O)[C@H]1C[S][Sn]2([NH]1)[NH][C@@H](C(=O)OC)C[S]2. The van der Waals surface area contributed by atoms with Crippen LogP contribution in [-0.2, 0) is 19.1 Å². The third-order valence-electron chi connectivity index (χ3n) is 2.61. The molecule has 2 saturated heterocycles. The number of rotatable bonds is 2. The summed E-state index contributed by atoms with van der Waals surface area (Å²) in [6, 6.07) is -0.477. The van der Waals surface area contributed by atoms with Gasteiger partial charge < -0.3 is 0 Å². The molecule has 2 aliphatic rings. The molecular formula is C8H14N2O4S2Sn. The summed E-state index contributed by atoms with van der Waals surface area (Å²) in [4.78, 5) is 22.9. The van der Waals surface area contributed by atoms with Gasteiger partial charge in [0.05, 0.1) is 0 Å². The molecule has 0 aliphatic carbocycles. The number of methoxy groups -OCH3 is 2. The minimum atomic E-state index is -2.81. The zero-order chi connectivity index (χ0) is 12.5. The molecule has 0 aromatic heterocycles. The first-order valence-corrected chi connectivity index (χ1v) is 16.9. The van der Waals surface area contributed by atoms with E-state index in [9.17, 15) is 9.59 Å². The van der Waals surface area contributed by atoms with Crippen LogP contribution in [0.1, 0.15) is 0 Å². The Morgan fingerprint density at radius 3 is 1.82 bits per heavy atom. The maximum atomic E-state index is 11.4. The van der Waals surface area contributed by atoms with Gasteiger partial charge in [-0.15, -0.1) is 0 Å². The number of carbonyl (C=O) groups excluding carboxylic acids is 2. The van der Waals surface area contributed by atoms with Gasteiger partial charge in [-0.25, -0.2) is 0 Å². The van der Waals surface area contributed by atoms with Crippen LogP contribution >= 0.6 is 17.9 Å². The van der Waals surface area contributed by atoms with Gasteiger partial charge in [-0.1, -0.05) is 0 Å². The molecule has 9 heteroatoms. The molecule has 0 aromatic rings. The Kier molecular flexibility index (Phi) is 4.50. The quantitative estimate of drug-likeness (QED) is 0.472. The first-order valence-electron chi connectivity index (χ1n) is 5.09. The van der Waals surface area contributed by atoms with Crippen LogP contribution in [0, 0.1) is 0 Å². The van der Waals surface area contributed by atoms with Crippen LogP contribution in [0.25, 0.3) is 0 Å². The zero-order valence-electron chi connectivity index (χ0n) is 9.52. The molecule has 96 valence electrons. The molecular weight excluding hydrogens is 371 g/mol. The Hall–Kier alpha value is 0.359. The molecule has 17 heavy (non-hydrogen) atoms. The fraction of sp³-hybridized carbons (Fsp3) is 0.750. The van der Waals surface area contributed by atoms with Crippen LogP contribution in [0.2, 0.25) is 0 Å². The van der Waals surface area contributed by atoms with E-state index in [4.69, 9.17) is 9.47 Å².